The maximum Gasteiger partial charge on any atom is 0.158 e. The molecule has 2 heteroatoms. The van der Waals surface area contributed by atoms with Crippen molar-refractivity contribution in [2.45, 2.75) is 52.4 Å². The standard InChI is InChI=1S/C11H20O2/c1-10(2)5-7-8(6-10)11(3,4)13-9(7)12/h7-9,12H,5-6H2,1-4H3. The van der Waals surface area contributed by atoms with Crippen molar-refractivity contribution in [2.24, 2.45) is 17.3 Å². The first kappa shape index (κ1) is 9.47. The molecule has 1 N–H and O–H groups in total. The third kappa shape index (κ3) is 1.40. The summed E-state index contributed by atoms with van der Waals surface area (Å²) in [6, 6.07) is 0. The van der Waals surface area contributed by atoms with Gasteiger partial charge in [-0.25, -0.2) is 0 Å². The zero-order valence-electron chi connectivity index (χ0n) is 9.00. The van der Waals surface area contributed by atoms with Gasteiger partial charge in [-0.05, 0) is 38.0 Å². The van der Waals surface area contributed by atoms with Crippen LogP contribution in [0.25, 0.3) is 0 Å². The SMILES string of the molecule is CC1(C)CC2C(O)OC(C)(C)C2C1. The lowest BCUT2D eigenvalue weighted by molar-refractivity contribution is -0.144. The fourth-order valence-electron chi connectivity index (χ4n) is 3.16. The molecule has 1 heterocycles. The molecule has 76 valence electrons. The monoisotopic (exact) mass is 184 g/mol. The molecule has 1 saturated heterocycles. The summed E-state index contributed by atoms with van der Waals surface area (Å²) in [7, 11) is 0. The van der Waals surface area contributed by atoms with E-state index in [1.807, 2.05) is 0 Å². The van der Waals surface area contributed by atoms with Crippen molar-refractivity contribution in [1.82, 2.24) is 0 Å². The van der Waals surface area contributed by atoms with Gasteiger partial charge in [0, 0.05) is 5.92 Å². The van der Waals surface area contributed by atoms with Crippen LogP contribution in [0.4, 0.5) is 0 Å². The summed E-state index contributed by atoms with van der Waals surface area (Å²) >= 11 is 0. The highest BCUT2D eigenvalue weighted by Crippen LogP contribution is 2.55. The van der Waals surface area contributed by atoms with E-state index in [0.717, 1.165) is 6.42 Å². The van der Waals surface area contributed by atoms with E-state index in [4.69, 9.17) is 4.74 Å². The van der Waals surface area contributed by atoms with E-state index in [-0.39, 0.29) is 5.60 Å². The second kappa shape index (κ2) is 2.48. The topological polar surface area (TPSA) is 29.5 Å². The lowest BCUT2D eigenvalue weighted by atomic mass is 9.84. The van der Waals surface area contributed by atoms with Gasteiger partial charge in [-0.15, -0.1) is 0 Å². The second-order valence-electron chi connectivity index (χ2n) is 5.95. The molecule has 2 rings (SSSR count). The summed E-state index contributed by atoms with van der Waals surface area (Å²) in [5.41, 5.74) is 0.259. The van der Waals surface area contributed by atoms with Crippen molar-refractivity contribution >= 4 is 0 Å². The van der Waals surface area contributed by atoms with Crippen LogP contribution in [0.15, 0.2) is 0 Å². The highest BCUT2D eigenvalue weighted by atomic mass is 16.6. The fraction of sp³-hybridized carbons (Fsp3) is 1.00. The maximum absolute atomic E-state index is 9.74. The smallest absolute Gasteiger partial charge is 0.158 e. The highest BCUT2D eigenvalue weighted by Gasteiger charge is 2.55. The Labute approximate surface area is 80.3 Å². The van der Waals surface area contributed by atoms with E-state index < -0.39 is 6.29 Å². The normalized spacial score (nSPS) is 46.4. The minimum atomic E-state index is -0.526. The Morgan fingerprint density at radius 2 is 1.77 bits per heavy atom. The van der Waals surface area contributed by atoms with E-state index in [9.17, 15) is 5.11 Å². The predicted molar refractivity (Wildman–Crippen MR) is 51.2 cm³/mol. The molecule has 2 nitrogen and oxygen atoms in total. The van der Waals surface area contributed by atoms with Crippen molar-refractivity contribution in [3.8, 4) is 0 Å². The Bertz CT molecular complexity index is 220. The van der Waals surface area contributed by atoms with Crippen molar-refractivity contribution < 1.29 is 9.84 Å². The van der Waals surface area contributed by atoms with Crippen LogP contribution < -0.4 is 0 Å². The molecule has 1 saturated carbocycles. The predicted octanol–water partition coefficient (Wildman–Crippen LogP) is 2.17. The van der Waals surface area contributed by atoms with Crippen molar-refractivity contribution in [2.75, 3.05) is 0 Å². The molecule has 2 aliphatic rings. The zero-order valence-corrected chi connectivity index (χ0v) is 9.00. The fourth-order valence-corrected chi connectivity index (χ4v) is 3.16. The van der Waals surface area contributed by atoms with Crippen LogP contribution in [0.3, 0.4) is 0 Å². The minimum absolute atomic E-state index is 0.127. The number of aliphatic hydroxyl groups excluding tert-OH is 1. The lowest BCUT2D eigenvalue weighted by Crippen LogP contribution is -2.29. The van der Waals surface area contributed by atoms with Gasteiger partial charge in [0.25, 0.3) is 0 Å². The molecule has 13 heavy (non-hydrogen) atoms. The van der Waals surface area contributed by atoms with E-state index in [2.05, 4.69) is 27.7 Å². The number of ether oxygens (including phenoxy) is 1. The molecular formula is C11H20O2. The van der Waals surface area contributed by atoms with Gasteiger partial charge in [-0.1, -0.05) is 13.8 Å². The van der Waals surface area contributed by atoms with Gasteiger partial charge in [-0.2, -0.15) is 0 Å². The first-order valence-corrected chi connectivity index (χ1v) is 5.18. The molecule has 0 radical (unpaired) electrons. The van der Waals surface area contributed by atoms with Gasteiger partial charge >= 0.3 is 0 Å². The Hall–Kier alpha value is -0.0800. The molecule has 0 spiro atoms. The van der Waals surface area contributed by atoms with E-state index >= 15 is 0 Å². The summed E-state index contributed by atoms with van der Waals surface area (Å²) in [5.74, 6) is 0.905. The van der Waals surface area contributed by atoms with Crippen molar-refractivity contribution in [3.05, 3.63) is 0 Å². The van der Waals surface area contributed by atoms with Gasteiger partial charge in [0.2, 0.25) is 0 Å². The molecular weight excluding hydrogens is 164 g/mol. The third-order valence-corrected chi connectivity index (χ3v) is 3.76. The van der Waals surface area contributed by atoms with Gasteiger partial charge in [-0.3, -0.25) is 0 Å². The Morgan fingerprint density at radius 1 is 1.15 bits per heavy atom. The first-order chi connectivity index (χ1) is 5.82. The molecule has 0 amide bonds. The number of hydrogen-bond donors (Lipinski definition) is 1. The molecule has 0 aromatic heterocycles. The highest BCUT2D eigenvalue weighted by molar-refractivity contribution is 5.01. The van der Waals surface area contributed by atoms with Crippen LogP contribution in [-0.2, 0) is 4.74 Å². The van der Waals surface area contributed by atoms with Crippen molar-refractivity contribution in [3.63, 3.8) is 0 Å². The van der Waals surface area contributed by atoms with Crippen LogP contribution >= 0.6 is 0 Å². The number of fused-ring (bicyclic) bond motifs is 1. The van der Waals surface area contributed by atoms with E-state index in [1.165, 1.54) is 6.42 Å². The van der Waals surface area contributed by atoms with E-state index in [0.29, 0.717) is 17.3 Å². The number of aliphatic hydroxyl groups is 1. The van der Waals surface area contributed by atoms with E-state index in [1.54, 1.807) is 0 Å². The van der Waals surface area contributed by atoms with Crippen LogP contribution in [0.5, 0.6) is 0 Å². The van der Waals surface area contributed by atoms with Gasteiger partial charge < -0.3 is 9.84 Å². The van der Waals surface area contributed by atoms with Crippen LogP contribution in [0, 0.1) is 17.3 Å². The maximum atomic E-state index is 9.74. The van der Waals surface area contributed by atoms with Gasteiger partial charge in [0.15, 0.2) is 6.29 Å². The minimum Gasteiger partial charge on any atom is -0.368 e. The molecule has 3 unspecified atom stereocenters. The zero-order chi connectivity index (χ0) is 9.85. The van der Waals surface area contributed by atoms with Crippen molar-refractivity contribution in [1.29, 1.82) is 0 Å². The lowest BCUT2D eigenvalue weighted by Gasteiger charge is -2.27. The molecule has 3 atom stereocenters. The average molecular weight is 184 g/mol. The molecule has 0 aromatic rings. The third-order valence-electron chi connectivity index (χ3n) is 3.76. The number of rotatable bonds is 0. The molecule has 1 aliphatic carbocycles. The summed E-state index contributed by atoms with van der Waals surface area (Å²) in [4.78, 5) is 0. The van der Waals surface area contributed by atoms with Crippen LogP contribution in [0.2, 0.25) is 0 Å². The summed E-state index contributed by atoms with van der Waals surface area (Å²) in [5, 5.41) is 9.74. The quantitative estimate of drug-likeness (QED) is 0.625. The summed E-state index contributed by atoms with van der Waals surface area (Å²) < 4.78 is 5.56. The Balaban J connectivity index is 2.23. The molecule has 1 aliphatic heterocycles. The molecule has 0 aromatic carbocycles. The van der Waals surface area contributed by atoms with Gasteiger partial charge in [0.05, 0.1) is 5.60 Å². The Morgan fingerprint density at radius 3 is 2.31 bits per heavy atom. The number of hydrogen-bond acceptors (Lipinski definition) is 2. The first-order valence-electron chi connectivity index (χ1n) is 5.18. The largest absolute Gasteiger partial charge is 0.368 e. The van der Waals surface area contributed by atoms with Crippen LogP contribution in [0.1, 0.15) is 40.5 Å². The van der Waals surface area contributed by atoms with Gasteiger partial charge in [0.1, 0.15) is 0 Å². The van der Waals surface area contributed by atoms with Crippen LogP contribution in [-0.4, -0.2) is 17.0 Å². The molecule has 0 bridgehead atoms. The summed E-state index contributed by atoms with van der Waals surface area (Å²) in [6.45, 7) is 8.77. The Kier molecular flexibility index (Phi) is 1.81. The second-order valence-corrected chi connectivity index (χ2v) is 5.95. The molecule has 2 fully saturated rings. The summed E-state index contributed by atoms with van der Waals surface area (Å²) in [6.07, 6.45) is 1.76. The average Bonchev–Trinajstić information content (AvgIpc) is 2.32.